The number of thioether (sulfide) groups is 1. The largest absolute Gasteiger partial charge is 0.494 e. The first-order valence-electron chi connectivity index (χ1n) is 9.56. The number of nitro benzene ring substituents is 1. The van der Waals surface area contributed by atoms with Gasteiger partial charge in [0.1, 0.15) is 23.1 Å². The van der Waals surface area contributed by atoms with Gasteiger partial charge in [0.25, 0.3) is 11.6 Å². The molecule has 0 bridgehead atoms. The van der Waals surface area contributed by atoms with Gasteiger partial charge in [0, 0.05) is 0 Å². The number of nitrogens with zero attached hydrogens (tertiary/aromatic N) is 4. The van der Waals surface area contributed by atoms with Gasteiger partial charge in [-0.3, -0.25) is 20.3 Å². The number of hydrogen-bond donors (Lipinski definition) is 1. The van der Waals surface area contributed by atoms with Crippen LogP contribution in [0, 0.1) is 15.5 Å². The smallest absolute Gasteiger partial charge is 0.284 e. The zero-order valence-corrected chi connectivity index (χ0v) is 18.7. The Bertz CT molecular complexity index is 1220. The lowest BCUT2D eigenvalue weighted by molar-refractivity contribution is -0.384. The van der Waals surface area contributed by atoms with Gasteiger partial charge < -0.3 is 9.15 Å². The number of nitro groups is 1. The fourth-order valence-electron chi connectivity index (χ4n) is 3.07. The van der Waals surface area contributed by atoms with Gasteiger partial charge in [-0.2, -0.15) is 9.39 Å². The number of fused-ring (bicyclic) bond motifs is 1. The Morgan fingerprint density at radius 3 is 2.88 bits per heavy atom. The number of rotatable bonds is 6. The van der Waals surface area contributed by atoms with E-state index in [2.05, 4.69) is 9.39 Å². The van der Waals surface area contributed by atoms with E-state index in [9.17, 15) is 14.9 Å². The van der Waals surface area contributed by atoms with Crippen molar-refractivity contribution in [1.29, 1.82) is 5.41 Å². The van der Waals surface area contributed by atoms with Crippen molar-refractivity contribution < 1.29 is 18.9 Å². The van der Waals surface area contributed by atoms with Crippen LogP contribution in [-0.4, -0.2) is 44.3 Å². The average Bonchev–Trinajstić information content (AvgIpc) is 3.39. The van der Waals surface area contributed by atoms with Crippen molar-refractivity contribution in [3.05, 3.63) is 51.8 Å². The summed E-state index contributed by atoms with van der Waals surface area (Å²) in [5, 5.41) is 21.0. The topological polar surface area (TPSA) is 134 Å². The van der Waals surface area contributed by atoms with Gasteiger partial charge in [-0.05, 0) is 43.0 Å². The molecule has 2 aliphatic rings. The first-order valence-corrected chi connectivity index (χ1v) is 11.3. The Kier molecular flexibility index (Phi) is 6.15. The van der Waals surface area contributed by atoms with E-state index in [1.807, 2.05) is 6.92 Å². The number of hydrogen-bond acceptors (Lipinski definition) is 9. The summed E-state index contributed by atoms with van der Waals surface area (Å²) in [6, 6.07) is 7.67. The molecule has 0 fully saturated rings. The van der Waals surface area contributed by atoms with Crippen LogP contribution in [0.2, 0.25) is 0 Å². The SMILES string of the molecule is CCOc1ccc(-c2ccc(/C=C3/C(=N)N4C(SCC)=NSC4=NC3=O)o2)c([N+](=O)[O-])c1. The number of furan rings is 1. The molecule has 2 aliphatic heterocycles. The molecule has 1 aromatic heterocycles. The van der Waals surface area contributed by atoms with E-state index < -0.39 is 10.8 Å². The van der Waals surface area contributed by atoms with Crippen LogP contribution >= 0.6 is 23.7 Å². The highest BCUT2D eigenvalue weighted by molar-refractivity contribution is 8.19. The van der Waals surface area contributed by atoms with Crippen molar-refractivity contribution >= 4 is 57.6 Å². The van der Waals surface area contributed by atoms with E-state index in [1.54, 1.807) is 31.2 Å². The lowest BCUT2D eigenvalue weighted by atomic mass is 10.1. The molecular weight excluding hydrogens is 454 g/mol. The first kappa shape index (κ1) is 21.8. The molecule has 0 radical (unpaired) electrons. The van der Waals surface area contributed by atoms with Crippen LogP contribution < -0.4 is 4.74 Å². The van der Waals surface area contributed by atoms with Crippen molar-refractivity contribution in [3.8, 4) is 17.1 Å². The Labute approximate surface area is 191 Å². The maximum atomic E-state index is 12.5. The summed E-state index contributed by atoms with van der Waals surface area (Å²) in [5.41, 5.74) is 0.160. The molecule has 32 heavy (non-hydrogen) atoms. The van der Waals surface area contributed by atoms with Gasteiger partial charge in [0.2, 0.25) is 5.17 Å². The van der Waals surface area contributed by atoms with Crippen molar-refractivity contribution in [3.63, 3.8) is 0 Å². The maximum absolute atomic E-state index is 12.5. The Balaban J connectivity index is 1.66. The molecule has 164 valence electrons. The number of aliphatic imine (C=N–C) groups is 1. The van der Waals surface area contributed by atoms with Crippen LogP contribution in [0.5, 0.6) is 5.75 Å². The van der Waals surface area contributed by atoms with Crippen molar-refractivity contribution in [2.45, 2.75) is 13.8 Å². The number of ether oxygens (including phenoxy) is 1. The Hall–Kier alpha value is -3.38. The van der Waals surface area contributed by atoms with Crippen LogP contribution in [0.1, 0.15) is 19.6 Å². The summed E-state index contributed by atoms with van der Waals surface area (Å²) in [5.74, 6) is 1.05. The molecule has 0 aliphatic carbocycles. The fourth-order valence-corrected chi connectivity index (χ4v) is 4.64. The van der Waals surface area contributed by atoms with Gasteiger partial charge in [-0.25, -0.2) is 4.90 Å². The normalized spacial score (nSPS) is 16.8. The molecule has 0 saturated heterocycles. The molecule has 0 atom stereocenters. The Morgan fingerprint density at radius 2 is 2.16 bits per heavy atom. The summed E-state index contributed by atoms with van der Waals surface area (Å²) >= 11 is 2.50. The van der Waals surface area contributed by atoms with Gasteiger partial charge in [0.05, 0.1) is 40.7 Å². The van der Waals surface area contributed by atoms with Crippen molar-refractivity contribution in [2.75, 3.05) is 12.4 Å². The summed E-state index contributed by atoms with van der Waals surface area (Å²) in [6.45, 7) is 4.14. The number of nitrogens with one attached hydrogen (secondary N) is 1. The summed E-state index contributed by atoms with van der Waals surface area (Å²) in [7, 11) is 0. The summed E-state index contributed by atoms with van der Waals surface area (Å²) < 4.78 is 15.4. The lowest BCUT2D eigenvalue weighted by Crippen LogP contribution is -2.41. The zero-order valence-electron chi connectivity index (χ0n) is 17.0. The highest BCUT2D eigenvalue weighted by Gasteiger charge is 2.37. The molecule has 10 nitrogen and oxygen atoms in total. The molecule has 3 heterocycles. The third-order valence-corrected chi connectivity index (χ3v) is 6.06. The van der Waals surface area contributed by atoms with Crippen LogP contribution in [-0.2, 0) is 4.79 Å². The monoisotopic (exact) mass is 471 g/mol. The fraction of sp³-hybridized carbons (Fsp3) is 0.200. The standard InChI is InChI=1S/C20H17N5O5S2/c1-3-29-11-5-7-13(15(10-11)25(27)28)16-8-6-12(30-16)9-14-17(21)24-19(22-18(14)26)32-23-20(24)31-4-2/h5-10,21H,3-4H2,1-2H3/b14-9-,21-17?. The molecule has 0 saturated carbocycles. The van der Waals surface area contributed by atoms with E-state index in [0.29, 0.717) is 22.7 Å². The van der Waals surface area contributed by atoms with Crippen LogP contribution in [0.15, 0.2) is 49.7 Å². The maximum Gasteiger partial charge on any atom is 0.284 e. The minimum Gasteiger partial charge on any atom is -0.494 e. The zero-order chi connectivity index (χ0) is 22.8. The highest BCUT2D eigenvalue weighted by atomic mass is 32.2. The molecular formula is C20H17N5O5S2. The predicted molar refractivity (Wildman–Crippen MR) is 125 cm³/mol. The van der Waals surface area contributed by atoms with E-state index in [1.165, 1.54) is 28.8 Å². The van der Waals surface area contributed by atoms with E-state index in [0.717, 1.165) is 17.7 Å². The number of amides is 1. The van der Waals surface area contributed by atoms with Gasteiger partial charge in [-0.15, -0.1) is 0 Å². The quantitative estimate of drug-likeness (QED) is 0.280. The molecule has 1 N–H and O–H groups in total. The molecule has 0 spiro atoms. The summed E-state index contributed by atoms with van der Waals surface area (Å²) in [6.07, 6.45) is 1.41. The second kappa shape index (κ2) is 9.01. The van der Waals surface area contributed by atoms with Crippen molar-refractivity contribution in [2.24, 2.45) is 9.39 Å². The third kappa shape index (κ3) is 4.06. The molecule has 2 aromatic rings. The van der Waals surface area contributed by atoms with Crippen LogP contribution in [0.25, 0.3) is 17.4 Å². The number of carbonyl (C=O) groups excluding carboxylic acids is 1. The van der Waals surface area contributed by atoms with E-state index >= 15 is 0 Å². The molecule has 12 heteroatoms. The first-order chi connectivity index (χ1) is 15.4. The molecule has 0 unspecified atom stereocenters. The lowest BCUT2D eigenvalue weighted by Gasteiger charge is -2.23. The van der Waals surface area contributed by atoms with E-state index in [4.69, 9.17) is 14.6 Å². The summed E-state index contributed by atoms with van der Waals surface area (Å²) in [4.78, 5) is 29.1. The molecule has 1 aromatic carbocycles. The molecule has 4 rings (SSSR count). The number of benzene rings is 1. The predicted octanol–water partition coefficient (Wildman–Crippen LogP) is 4.58. The van der Waals surface area contributed by atoms with Gasteiger partial charge in [0.15, 0.2) is 5.17 Å². The average molecular weight is 472 g/mol. The number of amidine groups is 3. The van der Waals surface area contributed by atoms with E-state index in [-0.39, 0.29) is 34.2 Å². The van der Waals surface area contributed by atoms with Crippen LogP contribution in [0.3, 0.4) is 0 Å². The third-order valence-electron chi connectivity index (χ3n) is 4.42. The Morgan fingerprint density at radius 1 is 1.34 bits per heavy atom. The number of carbonyl (C=O) groups is 1. The second-order valence-corrected chi connectivity index (χ2v) is 8.37. The minimum absolute atomic E-state index is 0.0442. The van der Waals surface area contributed by atoms with Gasteiger partial charge in [-0.1, -0.05) is 18.7 Å². The second-order valence-electron chi connectivity index (χ2n) is 6.41. The van der Waals surface area contributed by atoms with Crippen molar-refractivity contribution in [1.82, 2.24) is 4.90 Å². The van der Waals surface area contributed by atoms with Gasteiger partial charge >= 0.3 is 0 Å². The molecule has 1 amide bonds. The van der Waals surface area contributed by atoms with Crippen LogP contribution in [0.4, 0.5) is 5.69 Å². The minimum atomic E-state index is -0.573. The highest BCUT2D eigenvalue weighted by Crippen LogP contribution is 2.35.